The molecule has 1 unspecified atom stereocenters. The van der Waals surface area contributed by atoms with E-state index in [0.717, 1.165) is 0 Å². The summed E-state index contributed by atoms with van der Waals surface area (Å²) in [6, 6.07) is 5.87. The molecule has 2 N–H and O–H groups in total. The van der Waals surface area contributed by atoms with Crippen LogP contribution in [0.3, 0.4) is 0 Å². The molecule has 0 aliphatic carbocycles. The largest absolute Gasteiger partial charge is 0.434 e. The van der Waals surface area contributed by atoms with E-state index < -0.39 is 18.4 Å². The van der Waals surface area contributed by atoms with Gasteiger partial charge in [-0.1, -0.05) is 12.1 Å². The Kier molecular flexibility index (Phi) is 7.14. The molecule has 0 bridgehead atoms. The molecule has 0 radical (unpaired) electrons. The van der Waals surface area contributed by atoms with Crippen molar-refractivity contribution in [2.24, 2.45) is 5.92 Å². The molecule has 2 amide bonds. The van der Waals surface area contributed by atoms with Crippen LogP contribution in [0, 0.1) is 10.7 Å². The Morgan fingerprint density at radius 3 is 2.90 bits per heavy atom. The lowest BCUT2D eigenvalue weighted by atomic mass is 9.96. The first-order chi connectivity index (χ1) is 14.4. The van der Waals surface area contributed by atoms with Crippen molar-refractivity contribution in [1.29, 1.82) is 0 Å². The van der Waals surface area contributed by atoms with Crippen LogP contribution in [0.2, 0.25) is 0 Å². The topological polar surface area (TPSA) is 92.2 Å². The smallest absolute Gasteiger partial charge is 0.387 e. The van der Waals surface area contributed by atoms with Crippen LogP contribution in [-0.2, 0) is 17.9 Å². The van der Waals surface area contributed by atoms with Gasteiger partial charge in [0.05, 0.1) is 18.0 Å². The zero-order valence-electron chi connectivity index (χ0n) is 16.4. The molecule has 2 aromatic rings. The molecule has 3 rings (SSSR count). The number of carbonyl (C=O) groups excluding carboxylic acids is 2. The van der Waals surface area contributed by atoms with Crippen LogP contribution in [0.15, 0.2) is 24.3 Å². The molecule has 1 aliphatic heterocycles. The number of rotatable bonds is 7. The lowest BCUT2D eigenvalue weighted by molar-refractivity contribution is -0.126. The van der Waals surface area contributed by atoms with Crippen LogP contribution < -0.4 is 10.1 Å². The average Bonchev–Trinajstić information content (AvgIpc) is 3.11. The first-order valence-electron chi connectivity index (χ1n) is 9.65. The number of hydrogen-bond donors (Lipinski definition) is 2. The predicted molar refractivity (Wildman–Crippen MR) is 107 cm³/mol. The van der Waals surface area contributed by atoms with Gasteiger partial charge >= 0.3 is 6.61 Å². The maximum atomic E-state index is 12.9. The van der Waals surface area contributed by atoms with E-state index >= 15 is 0 Å². The Hall–Kier alpha value is -2.82. The fraction of sp³-hybridized carbons (Fsp3) is 0.474. The van der Waals surface area contributed by atoms with E-state index in [4.69, 9.17) is 12.2 Å². The van der Waals surface area contributed by atoms with Crippen LogP contribution in [0.5, 0.6) is 5.75 Å². The summed E-state index contributed by atoms with van der Waals surface area (Å²) >= 11 is 5.13. The Labute approximate surface area is 177 Å². The molecule has 1 fully saturated rings. The molecule has 1 aromatic heterocycles. The summed E-state index contributed by atoms with van der Waals surface area (Å²) < 4.78 is 32.0. The molecule has 1 aromatic carbocycles. The van der Waals surface area contributed by atoms with Crippen LogP contribution in [0.25, 0.3) is 0 Å². The monoisotopic (exact) mass is 439 g/mol. The van der Waals surface area contributed by atoms with Crippen LogP contribution in [-0.4, -0.2) is 51.2 Å². The number of hydrogen-bond acceptors (Lipinski definition) is 5. The summed E-state index contributed by atoms with van der Waals surface area (Å²) in [5.41, 5.74) is 0.0531. The second-order valence-electron chi connectivity index (χ2n) is 6.87. The van der Waals surface area contributed by atoms with Gasteiger partial charge in [0.15, 0.2) is 10.6 Å². The number of H-pyrrole nitrogens is 1. The van der Waals surface area contributed by atoms with Crippen molar-refractivity contribution in [3.8, 4) is 5.75 Å². The van der Waals surface area contributed by atoms with E-state index in [1.807, 2.05) is 6.92 Å². The van der Waals surface area contributed by atoms with Crippen molar-refractivity contribution in [2.75, 3.05) is 13.1 Å². The number of ether oxygens (including phenoxy) is 1. The van der Waals surface area contributed by atoms with Gasteiger partial charge in [0, 0.05) is 19.6 Å². The number of nitrogens with one attached hydrogen (secondary N) is 2. The number of aromatic nitrogens is 3. The predicted octanol–water partition coefficient (Wildman–Crippen LogP) is 2.73. The van der Waals surface area contributed by atoms with Crippen LogP contribution >= 0.6 is 12.2 Å². The maximum Gasteiger partial charge on any atom is 0.387 e. The SMILES string of the molecule is CCn1c(CNC(=O)C2CCCN(C(=O)c3ccccc3OC(F)F)C2)n[nH]c1=S. The minimum Gasteiger partial charge on any atom is -0.434 e. The zero-order valence-corrected chi connectivity index (χ0v) is 17.3. The minimum absolute atomic E-state index is 0.0531. The molecule has 0 spiro atoms. The lowest BCUT2D eigenvalue weighted by Crippen LogP contribution is -2.45. The number of halogens is 2. The lowest BCUT2D eigenvalue weighted by Gasteiger charge is -2.32. The van der Waals surface area contributed by atoms with E-state index in [1.54, 1.807) is 10.6 Å². The molecule has 8 nitrogen and oxygen atoms in total. The third-order valence-electron chi connectivity index (χ3n) is 4.99. The van der Waals surface area contributed by atoms with Gasteiger partial charge in [-0.25, -0.2) is 0 Å². The number of benzene rings is 1. The molecular formula is C19H23F2N5O3S. The van der Waals surface area contributed by atoms with Gasteiger partial charge in [-0.15, -0.1) is 0 Å². The van der Waals surface area contributed by atoms with Gasteiger partial charge < -0.3 is 19.5 Å². The third-order valence-corrected chi connectivity index (χ3v) is 5.30. The fourth-order valence-corrected chi connectivity index (χ4v) is 3.79. The fourth-order valence-electron chi connectivity index (χ4n) is 3.51. The summed E-state index contributed by atoms with van der Waals surface area (Å²) in [4.78, 5) is 27.0. The highest BCUT2D eigenvalue weighted by Crippen LogP contribution is 2.25. The number of carbonyl (C=O) groups is 2. The molecule has 2 heterocycles. The molecule has 11 heteroatoms. The molecule has 30 heavy (non-hydrogen) atoms. The highest BCUT2D eigenvalue weighted by molar-refractivity contribution is 7.71. The average molecular weight is 439 g/mol. The number of amides is 2. The van der Waals surface area contributed by atoms with Crippen molar-refractivity contribution in [1.82, 2.24) is 25.0 Å². The van der Waals surface area contributed by atoms with E-state index in [1.165, 1.54) is 23.1 Å². The molecule has 1 atom stereocenters. The van der Waals surface area contributed by atoms with E-state index in [0.29, 0.717) is 36.5 Å². The van der Waals surface area contributed by atoms with Gasteiger partial charge in [-0.05, 0) is 44.1 Å². The third kappa shape index (κ3) is 5.02. The van der Waals surface area contributed by atoms with Crippen molar-refractivity contribution in [3.63, 3.8) is 0 Å². The Morgan fingerprint density at radius 2 is 2.17 bits per heavy atom. The van der Waals surface area contributed by atoms with Gasteiger partial charge in [0.1, 0.15) is 5.75 Å². The number of para-hydroxylation sites is 1. The molecule has 162 valence electrons. The number of nitrogens with zero attached hydrogens (tertiary/aromatic N) is 3. The number of alkyl halides is 2. The van der Waals surface area contributed by atoms with Crippen molar-refractivity contribution in [3.05, 3.63) is 40.4 Å². The van der Waals surface area contributed by atoms with Crippen molar-refractivity contribution in [2.45, 2.75) is 39.5 Å². The highest BCUT2D eigenvalue weighted by atomic mass is 32.1. The summed E-state index contributed by atoms with van der Waals surface area (Å²) in [6.07, 6.45) is 1.26. The Morgan fingerprint density at radius 1 is 1.40 bits per heavy atom. The number of aromatic amines is 1. The quantitative estimate of drug-likeness (QED) is 0.648. The Bertz CT molecular complexity index is 962. The molecule has 1 aliphatic rings. The number of likely N-dealkylation sites (tertiary alicyclic amines) is 1. The summed E-state index contributed by atoms with van der Waals surface area (Å²) in [5.74, 6) is -0.580. The van der Waals surface area contributed by atoms with Gasteiger partial charge in [-0.2, -0.15) is 13.9 Å². The highest BCUT2D eigenvalue weighted by Gasteiger charge is 2.30. The van der Waals surface area contributed by atoms with E-state index in [9.17, 15) is 18.4 Å². The summed E-state index contributed by atoms with van der Waals surface area (Å²) in [7, 11) is 0. The molecular weight excluding hydrogens is 416 g/mol. The second kappa shape index (κ2) is 9.79. The standard InChI is InChI=1S/C19H23F2N5O3S/c1-2-26-15(23-24-19(26)30)10-22-16(27)12-6-5-9-25(11-12)17(28)13-7-3-4-8-14(13)29-18(20)21/h3-4,7-8,12,18H,2,5-6,9-11H2,1H3,(H,22,27)(H,24,30). The van der Waals surface area contributed by atoms with Gasteiger partial charge in [0.25, 0.3) is 5.91 Å². The second-order valence-corrected chi connectivity index (χ2v) is 7.26. The Balaban J connectivity index is 1.64. The zero-order chi connectivity index (χ0) is 21.7. The normalized spacial score (nSPS) is 16.5. The summed E-state index contributed by atoms with van der Waals surface area (Å²) in [5, 5.41) is 9.65. The van der Waals surface area contributed by atoms with Crippen molar-refractivity contribution < 1.29 is 23.1 Å². The minimum atomic E-state index is -3.03. The number of piperidine rings is 1. The van der Waals surface area contributed by atoms with Crippen LogP contribution in [0.1, 0.15) is 35.9 Å². The van der Waals surface area contributed by atoms with Crippen LogP contribution in [0.4, 0.5) is 8.78 Å². The molecule has 1 saturated heterocycles. The first kappa shape index (κ1) is 21.9. The first-order valence-corrected chi connectivity index (χ1v) is 10.1. The van der Waals surface area contributed by atoms with Gasteiger partial charge in [0.2, 0.25) is 5.91 Å². The van der Waals surface area contributed by atoms with Crippen molar-refractivity contribution >= 4 is 24.0 Å². The maximum absolute atomic E-state index is 12.9. The van der Waals surface area contributed by atoms with E-state index in [-0.39, 0.29) is 30.3 Å². The van der Waals surface area contributed by atoms with Gasteiger partial charge in [-0.3, -0.25) is 14.7 Å². The summed E-state index contributed by atoms with van der Waals surface area (Å²) in [6.45, 7) is 0.398. The molecule has 0 saturated carbocycles. The van der Waals surface area contributed by atoms with E-state index in [2.05, 4.69) is 20.3 Å².